The molecule has 3 aromatic rings. The lowest BCUT2D eigenvalue weighted by Crippen LogP contribution is -2.33. The minimum absolute atomic E-state index is 0.0360. The second-order valence-electron chi connectivity index (χ2n) is 6.95. The fourth-order valence-electron chi connectivity index (χ4n) is 3.11. The largest absolute Gasteiger partial charge is 0.457 e. The summed E-state index contributed by atoms with van der Waals surface area (Å²) in [6.07, 6.45) is -3.32. The average molecular weight is 492 g/mol. The van der Waals surface area contributed by atoms with Crippen molar-refractivity contribution < 1.29 is 32.0 Å². The Bertz CT molecular complexity index is 1280. The van der Waals surface area contributed by atoms with Crippen LogP contribution in [0.5, 0.6) is 0 Å². The molecule has 4 rings (SSSR count). The van der Waals surface area contributed by atoms with Crippen LogP contribution in [-0.2, 0) is 11.0 Å². The lowest BCUT2D eigenvalue weighted by atomic mass is 10.1. The zero-order valence-corrected chi connectivity index (χ0v) is 18.1. The quantitative estimate of drug-likeness (QED) is 0.299. The molecule has 0 aliphatic carbocycles. The van der Waals surface area contributed by atoms with Crippen LogP contribution >= 0.6 is 23.4 Å². The molecule has 2 aromatic carbocycles. The molecule has 0 radical (unpaired) electrons. The summed E-state index contributed by atoms with van der Waals surface area (Å²) in [7, 11) is 0. The van der Waals surface area contributed by atoms with Crippen molar-refractivity contribution in [1.29, 1.82) is 0 Å². The molecule has 10 heteroatoms. The number of carbonyl (C=O) groups is 3. The Morgan fingerprint density at radius 3 is 2.48 bits per heavy atom. The minimum Gasteiger partial charge on any atom is -0.457 e. The van der Waals surface area contributed by atoms with E-state index in [4.69, 9.17) is 16.0 Å². The monoisotopic (exact) mass is 491 g/mol. The highest BCUT2D eigenvalue weighted by Crippen LogP contribution is 2.38. The summed E-state index contributed by atoms with van der Waals surface area (Å²) in [5.41, 5.74) is -0.478. The molecule has 0 spiro atoms. The Kier molecular flexibility index (Phi) is 6.18. The summed E-state index contributed by atoms with van der Waals surface area (Å²) in [4.78, 5) is 38.1. The van der Waals surface area contributed by atoms with E-state index in [1.54, 1.807) is 30.3 Å². The highest BCUT2D eigenvalue weighted by atomic mass is 35.5. The molecule has 168 valence electrons. The Morgan fingerprint density at radius 2 is 1.79 bits per heavy atom. The first-order valence-corrected chi connectivity index (χ1v) is 10.6. The number of carbonyl (C=O) groups excluding carboxylic acids is 3. The van der Waals surface area contributed by atoms with E-state index >= 15 is 0 Å². The van der Waals surface area contributed by atoms with Gasteiger partial charge in [-0.1, -0.05) is 41.9 Å². The van der Waals surface area contributed by atoms with Crippen molar-refractivity contribution >= 4 is 46.4 Å². The number of Topliss-reactive ketones (excluding diaryl/α,β-unsaturated/α-hetero) is 1. The maximum Gasteiger partial charge on any atom is 0.417 e. The van der Waals surface area contributed by atoms with Crippen molar-refractivity contribution in [3.8, 4) is 11.3 Å². The summed E-state index contributed by atoms with van der Waals surface area (Å²) < 4.78 is 44.9. The lowest BCUT2D eigenvalue weighted by Gasteiger charge is -2.11. The molecule has 1 saturated heterocycles. The molecular formula is C23H13ClF3NO4S. The first-order chi connectivity index (χ1) is 15.6. The predicted octanol–water partition coefficient (Wildman–Crippen LogP) is 6.54. The smallest absolute Gasteiger partial charge is 0.417 e. The van der Waals surface area contributed by atoms with Gasteiger partial charge in [0.2, 0.25) is 0 Å². The van der Waals surface area contributed by atoms with Gasteiger partial charge in [0.25, 0.3) is 11.1 Å². The van der Waals surface area contributed by atoms with Crippen LogP contribution in [0.4, 0.5) is 18.0 Å². The lowest BCUT2D eigenvalue weighted by molar-refractivity contribution is -0.137. The van der Waals surface area contributed by atoms with Gasteiger partial charge in [0.15, 0.2) is 5.78 Å². The van der Waals surface area contributed by atoms with Crippen molar-refractivity contribution in [2.45, 2.75) is 6.18 Å². The number of thioether (sulfide) groups is 1. The number of alkyl halides is 3. The maximum atomic E-state index is 13.1. The summed E-state index contributed by atoms with van der Waals surface area (Å²) in [6.45, 7) is -0.402. The SMILES string of the molecule is O=C(CN1C(=O)S/C(=C\c2ccc(-c3ccc(Cl)c(C(F)(F)F)c3)o2)C1=O)c1ccccc1. The number of hydrogen-bond donors (Lipinski definition) is 0. The molecule has 1 aromatic heterocycles. The fraction of sp³-hybridized carbons (Fsp3) is 0.0870. The number of rotatable bonds is 5. The van der Waals surface area contributed by atoms with Gasteiger partial charge in [-0.15, -0.1) is 0 Å². The van der Waals surface area contributed by atoms with E-state index in [9.17, 15) is 27.6 Å². The molecular weight excluding hydrogens is 479 g/mol. The molecule has 2 heterocycles. The summed E-state index contributed by atoms with van der Waals surface area (Å²) >= 11 is 6.29. The number of amides is 2. The van der Waals surface area contributed by atoms with Gasteiger partial charge in [0.05, 0.1) is 22.0 Å². The second-order valence-corrected chi connectivity index (χ2v) is 8.35. The van der Waals surface area contributed by atoms with Gasteiger partial charge in [-0.05, 0) is 42.1 Å². The maximum absolute atomic E-state index is 13.1. The number of furan rings is 1. The van der Waals surface area contributed by atoms with Gasteiger partial charge in [-0.25, -0.2) is 0 Å². The Labute approximate surface area is 194 Å². The topological polar surface area (TPSA) is 67.6 Å². The third kappa shape index (κ3) is 4.89. The fourth-order valence-corrected chi connectivity index (χ4v) is 4.15. The predicted molar refractivity (Wildman–Crippen MR) is 118 cm³/mol. The van der Waals surface area contributed by atoms with Gasteiger partial charge in [0.1, 0.15) is 11.5 Å². The zero-order valence-electron chi connectivity index (χ0n) is 16.6. The average Bonchev–Trinajstić information content (AvgIpc) is 3.34. The summed E-state index contributed by atoms with van der Waals surface area (Å²) in [6, 6.07) is 14.5. The number of ketones is 1. The number of halogens is 4. The van der Waals surface area contributed by atoms with Crippen molar-refractivity contribution in [3.05, 3.63) is 87.5 Å². The molecule has 1 aliphatic heterocycles. The van der Waals surface area contributed by atoms with Gasteiger partial charge in [-0.2, -0.15) is 13.2 Å². The summed E-state index contributed by atoms with van der Waals surface area (Å²) in [5.74, 6) is -0.754. The van der Waals surface area contributed by atoms with Crippen LogP contribution < -0.4 is 0 Å². The van der Waals surface area contributed by atoms with Gasteiger partial charge in [-0.3, -0.25) is 19.3 Å². The van der Waals surface area contributed by atoms with E-state index in [0.29, 0.717) is 17.3 Å². The molecule has 0 unspecified atom stereocenters. The second kappa shape index (κ2) is 8.92. The van der Waals surface area contributed by atoms with Crippen LogP contribution in [0.2, 0.25) is 5.02 Å². The summed E-state index contributed by atoms with van der Waals surface area (Å²) in [5, 5.41) is -1.04. The Balaban J connectivity index is 1.53. The molecule has 0 atom stereocenters. The van der Waals surface area contributed by atoms with Crippen LogP contribution in [0.25, 0.3) is 17.4 Å². The van der Waals surface area contributed by atoms with Crippen molar-refractivity contribution in [2.24, 2.45) is 0 Å². The minimum atomic E-state index is -4.63. The molecule has 5 nitrogen and oxygen atoms in total. The van der Waals surface area contributed by atoms with E-state index in [1.807, 2.05) is 0 Å². The number of benzene rings is 2. The molecule has 1 aliphatic rings. The van der Waals surface area contributed by atoms with Crippen LogP contribution in [0.1, 0.15) is 21.7 Å². The van der Waals surface area contributed by atoms with Crippen molar-refractivity contribution in [2.75, 3.05) is 6.54 Å². The van der Waals surface area contributed by atoms with E-state index < -0.39 is 34.5 Å². The van der Waals surface area contributed by atoms with Crippen LogP contribution in [0, 0.1) is 0 Å². The van der Waals surface area contributed by atoms with Gasteiger partial charge in [0, 0.05) is 17.2 Å². The molecule has 0 saturated carbocycles. The highest BCUT2D eigenvalue weighted by molar-refractivity contribution is 8.18. The third-order valence-corrected chi connectivity index (χ3v) is 5.96. The Morgan fingerprint density at radius 1 is 1.06 bits per heavy atom. The van der Waals surface area contributed by atoms with Gasteiger partial charge >= 0.3 is 6.18 Å². The normalized spacial score (nSPS) is 15.5. The molecule has 2 amide bonds. The van der Waals surface area contributed by atoms with Crippen LogP contribution in [0.15, 0.2) is 70.0 Å². The first kappa shape index (κ1) is 22.9. The third-order valence-electron chi connectivity index (χ3n) is 4.73. The standard InChI is InChI=1S/C23H13ClF3NO4S/c24-17-8-6-14(10-16(17)23(25,26)27)19-9-7-15(32-19)11-20-21(30)28(22(31)33-20)12-18(29)13-4-2-1-3-5-13/h1-11H,12H2/b20-11-. The number of imide groups is 1. The molecule has 0 N–H and O–H groups in total. The van der Waals surface area contributed by atoms with E-state index in [-0.39, 0.29) is 27.8 Å². The van der Waals surface area contributed by atoms with Crippen LogP contribution in [-0.4, -0.2) is 28.4 Å². The molecule has 0 bridgehead atoms. The highest BCUT2D eigenvalue weighted by Gasteiger charge is 2.37. The van der Waals surface area contributed by atoms with Gasteiger partial charge < -0.3 is 4.42 Å². The number of hydrogen-bond acceptors (Lipinski definition) is 5. The Hall–Kier alpha value is -3.30. The van der Waals surface area contributed by atoms with E-state index in [1.165, 1.54) is 24.3 Å². The van der Waals surface area contributed by atoms with Crippen molar-refractivity contribution in [3.63, 3.8) is 0 Å². The van der Waals surface area contributed by atoms with E-state index in [2.05, 4.69) is 0 Å². The zero-order chi connectivity index (χ0) is 23.8. The van der Waals surface area contributed by atoms with Crippen LogP contribution in [0.3, 0.4) is 0 Å². The first-order valence-electron chi connectivity index (χ1n) is 9.44. The van der Waals surface area contributed by atoms with E-state index in [0.717, 1.165) is 17.0 Å². The molecule has 33 heavy (non-hydrogen) atoms. The molecule has 1 fully saturated rings. The number of nitrogens with zero attached hydrogens (tertiary/aromatic N) is 1. The van der Waals surface area contributed by atoms with Crippen molar-refractivity contribution in [1.82, 2.24) is 4.90 Å².